The van der Waals surface area contributed by atoms with Gasteiger partial charge in [-0.25, -0.2) is 0 Å². The zero-order valence-corrected chi connectivity index (χ0v) is 21.7. The highest BCUT2D eigenvalue weighted by Crippen LogP contribution is 2.28. The van der Waals surface area contributed by atoms with E-state index < -0.39 is 6.04 Å². The number of carbonyl (C=O) groups excluding carboxylic acids is 2. The van der Waals surface area contributed by atoms with E-state index in [-0.39, 0.29) is 36.9 Å². The maximum atomic E-state index is 13.4. The number of amides is 2. The molecule has 0 heterocycles. The standard InChI is InChI=1S/C27H34Cl2N2O3/c1-18(2)21-12-7-8-15-25(21)34-17-26(32)31(16-22-23(28)13-9-14-24(22)29)19(3)27(33)30-20-10-5-4-6-11-20/h7-9,12-15,18-20H,4-6,10-11,16-17H2,1-3H3,(H,30,33). The van der Waals surface area contributed by atoms with Crippen LogP contribution in [0.3, 0.4) is 0 Å². The predicted molar refractivity (Wildman–Crippen MR) is 138 cm³/mol. The average molecular weight is 505 g/mol. The van der Waals surface area contributed by atoms with E-state index in [1.54, 1.807) is 25.1 Å². The van der Waals surface area contributed by atoms with Gasteiger partial charge in [-0.1, -0.05) is 80.6 Å². The number of benzene rings is 2. The number of ether oxygens (including phenoxy) is 1. The molecular weight excluding hydrogens is 471 g/mol. The van der Waals surface area contributed by atoms with Gasteiger partial charge in [0.1, 0.15) is 11.8 Å². The molecule has 7 heteroatoms. The average Bonchev–Trinajstić information content (AvgIpc) is 2.82. The Bertz CT molecular complexity index is 969. The van der Waals surface area contributed by atoms with Crippen LogP contribution < -0.4 is 10.1 Å². The lowest BCUT2D eigenvalue weighted by Crippen LogP contribution is -2.51. The molecule has 1 atom stereocenters. The molecule has 0 saturated heterocycles. The number of hydrogen-bond donors (Lipinski definition) is 1. The molecule has 0 aliphatic heterocycles. The molecule has 1 aliphatic rings. The van der Waals surface area contributed by atoms with Crippen molar-refractivity contribution >= 4 is 35.0 Å². The van der Waals surface area contributed by atoms with Crippen LogP contribution in [0.5, 0.6) is 5.75 Å². The Morgan fingerprint density at radius 2 is 1.65 bits per heavy atom. The molecule has 0 aromatic heterocycles. The summed E-state index contributed by atoms with van der Waals surface area (Å²) in [6.07, 6.45) is 5.36. The van der Waals surface area contributed by atoms with Crippen LogP contribution in [0.4, 0.5) is 0 Å². The highest BCUT2D eigenvalue weighted by atomic mass is 35.5. The second-order valence-corrected chi connectivity index (χ2v) is 10.0. The molecule has 2 amide bonds. The summed E-state index contributed by atoms with van der Waals surface area (Å²) in [4.78, 5) is 28.0. The van der Waals surface area contributed by atoms with Gasteiger partial charge in [0.15, 0.2) is 6.61 Å². The Balaban J connectivity index is 1.79. The molecule has 3 rings (SSSR count). The molecule has 0 bridgehead atoms. The number of carbonyl (C=O) groups is 2. The lowest BCUT2D eigenvalue weighted by atomic mass is 9.95. The van der Waals surface area contributed by atoms with Crippen LogP contribution in [0.2, 0.25) is 10.0 Å². The number of halogens is 2. The van der Waals surface area contributed by atoms with Gasteiger partial charge in [-0.3, -0.25) is 9.59 Å². The summed E-state index contributed by atoms with van der Waals surface area (Å²) in [7, 11) is 0. The van der Waals surface area contributed by atoms with Gasteiger partial charge in [-0.2, -0.15) is 0 Å². The highest BCUT2D eigenvalue weighted by Gasteiger charge is 2.29. The fraction of sp³-hybridized carbons (Fsp3) is 0.481. The van der Waals surface area contributed by atoms with Crippen molar-refractivity contribution in [1.82, 2.24) is 10.2 Å². The molecule has 0 spiro atoms. The van der Waals surface area contributed by atoms with Gasteiger partial charge < -0.3 is 15.0 Å². The van der Waals surface area contributed by atoms with Gasteiger partial charge in [-0.15, -0.1) is 0 Å². The maximum Gasteiger partial charge on any atom is 0.261 e. The van der Waals surface area contributed by atoms with Gasteiger partial charge in [0.05, 0.1) is 0 Å². The lowest BCUT2D eigenvalue weighted by molar-refractivity contribution is -0.142. The monoisotopic (exact) mass is 504 g/mol. The van der Waals surface area contributed by atoms with Gasteiger partial charge in [0.25, 0.3) is 5.91 Å². The van der Waals surface area contributed by atoms with Gasteiger partial charge in [0, 0.05) is 28.2 Å². The summed E-state index contributed by atoms with van der Waals surface area (Å²) >= 11 is 12.8. The molecular formula is C27H34Cl2N2O3. The first-order valence-corrected chi connectivity index (χ1v) is 12.8. The third-order valence-electron chi connectivity index (χ3n) is 6.40. The quantitative estimate of drug-likeness (QED) is 0.431. The summed E-state index contributed by atoms with van der Waals surface area (Å²) in [6.45, 7) is 5.82. The van der Waals surface area contributed by atoms with E-state index in [1.165, 1.54) is 11.3 Å². The minimum atomic E-state index is -0.703. The minimum Gasteiger partial charge on any atom is -0.483 e. The van der Waals surface area contributed by atoms with Crippen molar-refractivity contribution in [3.63, 3.8) is 0 Å². The molecule has 1 fully saturated rings. The summed E-state index contributed by atoms with van der Waals surface area (Å²) in [5, 5.41) is 4.04. The highest BCUT2D eigenvalue weighted by molar-refractivity contribution is 6.36. The normalized spacial score (nSPS) is 15.1. The summed E-state index contributed by atoms with van der Waals surface area (Å²) in [5.41, 5.74) is 1.64. The van der Waals surface area contributed by atoms with Crippen LogP contribution in [-0.4, -0.2) is 35.4 Å². The van der Waals surface area contributed by atoms with Gasteiger partial charge >= 0.3 is 0 Å². The first-order valence-electron chi connectivity index (χ1n) is 12.0. The SMILES string of the molecule is CC(C)c1ccccc1OCC(=O)N(Cc1c(Cl)cccc1Cl)C(C)C(=O)NC1CCCCC1. The van der Waals surface area contributed by atoms with Crippen LogP contribution in [0.15, 0.2) is 42.5 Å². The smallest absolute Gasteiger partial charge is 0.261 e. The molecule has 2 aromatic carbocycles. The molecule has 0 radical (unpaired) electrons. The van der Waals surface area contributed by atoms with Crippen LogP contribution in [-0.2, 0) is 16.1 Å². The van der Waals surface area contributed by atoms with Crippen molar-refractivity contribution in [2.45, 2.75) is 77.4 Å². The fourth-order valence-electron chi connectivity index (χ4n) is 4.32. The number of nitrogens with zero attached hydrogens (tertiary/aromatic N) is 1. The Morgan fingerprint density at radius 3 is 2.29 bits per heavy atom. The van der Waals surface area contributed by atoms with Crippen LogP contribution in [0.1, 0.15) is 69.9 Å². The molecule has 1 N–H and O–H groups in total. The zero-order chi connectivity index (χ0) is 24.7. The van der Waals surface area contributed by atoms with E-state index in [0.717, 1.165) is 31.2 Å². The summed E-state index contributed by atoms with van der Waals surface area (Å²) < 4.78 is 5.93. The zero-order valence-electron chi connectivity index (χ0n) is 20.2. The van der Waals surface area contributed by atoms with Gasteiger partial charge in [-0.05, 0) is 49.4 Å². The van der Waals surface area contributed by atoms with Crippen LogP contribution in [0.25, 0.3) is 0 Å². The van der Waals surface area contributed by atoms with E-state index in [1.807, 2.05) is 24.3 Å². The molecule has 2 aromatic rings. The molecule has 1 unspecified atom stereocenters. The maximum absolute atomic E-state index is 13.4. The molecule has 5 nitrogen and oxygen atoms in total. The first-order chi connectivity index (χ1) is 16.3. The first kappa shape index (κ1) is 26.4. The van der Waals surface area contributed by atoms with Crippen molar-refractivity contribution in [2.75, 3.05) is 6.61 Å². The van der Waals surface area contributed by atoms with Gasteiger partial charge in [0.2, 0.25) is 5.91 Å². The van der Waals surface area contributed by atoms with E-state index in [4.69, 9.17) is 27.9 Å². The molecule has 184 valence electrons. The van der Waals surface area contributed by atoms with Crippen molar-refractivity contribution in [3.05, 3.63) is 63.6 Å². The van der Waals surface area contributed by atoms with E-state index in [0.29, 0.717) is 21.4 Å². The minimum absolute atomic E-state index is 0.117. The predicted octanol–water partition coefficient (Wildman–Crippen LogP) is 6.36. The Morgan fingerprint density at radius 1 is 1.00 bits per heavy atom. The fourth-order valence-corrected chi connectivity index (χ4v) is 4.83. The van der Waals surface area contributed by atoms with Crippen LogP contribution >= 0.6 is 23.2 Å². The third-order valence-corrected chi connectivity index (χ3v) is 7.11. The lowest BCUT2D eigenvalue weighted by Gasteiger charge is -2.31. The second-order valence-electron chi connectivity index (χ2n) is 9.22. The summed E-state index contributed by atoms with van der Waals surface area (Å²) in [5.74, 6) is 0.442. The number of rotatable bonds is 9. The van der Waals surface area contributed by atoms with Crippen molar-refractivity contribution in [3.8, 4) is 5.75 Å². The van der Waals surface area contributed by atoms with E-state index in [2.05, 4.69) is 19.2 Å². The van der Waals surface area contributed by atoms with E-state index >= 15 is 0 Å². The van der Waals surface area contributed by atoms with Crippen molar-refractivity contribution in [1.29, 1.82) is 0 Å². The van der Waals surface area contributed by atoms with Crippen LogP contribution in [0, 0.1) is 0 Å². The largest absolute Gasteiger partial charge is 0.483 e. The van der Waals surface area contributed by atoms with Crippen molar-refractivity contribution < 1.29 is 14.3 Å². The topological polar surface area (TPSA) is 58.6 Å². The molecule has 1 saturated carbocycles. The Labute approximate surface area is 212 Å². The van der Waals surface area contributed by atoms with E-state index in [9.17, 15) is 9.59 Å². The molecule has 34 heavy (non-hydrogen) atoms. The Kier molecular flexibility index (Phi) is 9.66. The second kappa shape index (κ2) is 12.5. The summed E-state index contributed by atoms with van der Waals surface area (Å²) in [6, 6.07) is 12.3. The number of para-hydroxylation sites is 1. The molecule has 1 aliphatic carbocycles. The number of hydrogen-bond acceptors (Lipinski definition) is 3. The third kappa shape index (κ3) is 6.89. The Hall–Kier alpha value is -2.24. The van der Waals surface area contributed by atoms with Crippen molar-refractivity contribution in [2.24, 2.45) is 0 Å². The number of nitrogens with one attached hydrogen (secondary N) is 1.